The first-order valence-electron chi connectivity index (χ1n) is 7.52. The molecule has 4 aromatic rings. The van der Waals surface area contributed by atoms with Crippen molar-refractivity contribution in [2.75, 3.05) is 0 Å². The van der Waals surface area contributed by atoms with Crippen LogP contribution in [-0.2, 0) is 0 Å². The molecule has 1 aromatic carbocycles. The van der Waals surface area contributed by atoms with Crippen LogP contribution >= 0.6 is 0 Å². The fourth-order valence-electron chi connectivity index (χ4n) is 2.68. The van der Waals surface area contributed by atoms with Gasteiger partial charge in [0, 0.05) is 33.9 Å². The molecule has 0 aliphatic rings. The van der Waals surface area contributed by atoms with Crippen molar-refractivity contribution in [2.45, 2.75) is 0 Å². The lowest BCUT2D eigenvalue weighted by molar-refractivity contribution is 1.24. The van der Waals surface area contributed by atoms with Gasteiger partial charge in [0.1, 0.15) is 0 Å². The summed E-state index contributed by atoms with van der Waals surface area (Å²) in [5, 5.41) is 4.48. The third-order valence-electron chi connectivity index (χ3n) is 3.74. The molecule has 0 saturated heterocycles. The van der Waals surface area contributed by atoms with E-state index in [1.165, 1.54) is 10.8 Å². The number of nitrogens with one attached hydrogen (secondary N) is 1. The average Bonchev–Trinajstić information content (AvgIpc) is 2.95. The van der Waals surface area contributed by atoms with Crippen molar-refractivity contribution >= 4 is 22.9 Å². The summed E-state index contributed by atoms with van der Waals surface area (Å²) < 4.78 is 0. The second kappa shape index (κ2) is 5.89. The van der Waals surface area contributed by atoms with Crippen LogP contribution < -0.4 is 10.7 Å². The lowest BCUT2D eigenvalue weighted by Gasteiger charge is -1.90. The van der Waals surface area contributed by atoms with E-state index in [4.69, 9.17) is 0 Å². The number of H-pyrrole nitrogens is 1. The molecule has 0 amide bonds. The second-order valence-electron chi connectivity index (χ2n) is 5.30. The number of nitrogens with zero attached hydrogens (tertiary/aromatic N) is 2. The highest BCUT2D eigenvalue weighted by Crippen LogP contribution is 2.05. The molecule has 23 heavy (non-hydrogen) atoms. The van der Waals surface area contributed by atoms with Crippen LogP contribution in [0.25, 0.3) is 22.9 Å². The Balaban J connectivity index is 1.98. The lowest BCUT2D eigenvalue weighted by atomic mass is 10.2. The number of aromatic nitrogens is 3. The molecule has 0 radical (unpaired) electrons. The molecule has 0 aliphatic carbocycles. The zero-order valence-corrected chi connectivity index (χ0v) is 12.5. The summed E-state index contributed by atoms with van der Waals surface area (Å²) in [4.78, 5) is 12.2. The van der Waals surface area contributed by atoms with Crippen molar-refractivity contribution < 1.29 is 0 Å². The Morgan fingerprint density at radius 1 is 0.609 bits per heavy atom. The highest BCUT2D eigenvalue weighted by Gasteiger charge is 2.00. The van der Waals surface area contributed by atoms with Crippen molar-refractivity contribution in [1.29, 1.82) is 0 Å². The minimum atomic E-state index is 0.934. The van der Waals surface area contributed by atoms with Crippen LogP contribution in [0.15, 0.2) is 73.1 Å². The van der Waals surface area contributed by atoms with E-state index in [2.05, 4.69) is 51.4 Å². The quantitative estimate of drug-likeness (QED) is 0.618. The van der Waals surface area contributed by atoms with Gasteiger partial charge in [-0.15, -0.1) is 0 Å². The minimum absolute atomic E-state index is 0.934. The smallest absolute Gasteiger partial charge is 0.0650 e. The maximum atomic E-state index is 4.38. The predicted octanol–water partition coefficient (Wildman–Crippen LogP) is 2.62. The SMILES string of the molecule is C(/c1ccccn1)=c1/[nH]/c(=C\c2ccccn2)c2ccccc12. The van der Waals surface area contributed by atoms with Gasteiger partial charge in [0.05, 0.1) is 11.4 Å². The fourth-order valence-corrected chi connectivity index (χ4v) is 2.68. The van der Waals surface area contributed by atoms with Gasteiger partial charge in [0.2, 0.25) is 0 Å². The highest BCUT2D eigenvalue weighted by molar-refractivity contribution is 5.85. The van der Waals surface area contributed by atoms with Crippen molar-refractivity contribution in [1.82, 2.24) is 15.0 Å². The van der Waals surface area contributed by atoms with E-state index in [0.29, 0.717) is 0 Å². The van der Waals surface area contributed by atoms with Crippen LogP contribution in [0.1, 0.15) is 11.4 Å². The minimum Gasteiger partial charge on any atom is -0.354 e. The molecule has 3 nitrogen and oxygen atoms in total. The summed E-state index contributed by atoms with van der Waals surface area (Å²) >= 11 is 0. The molecule has 0 fully saturated rings. The van der Waals surface area contributed by atoms with E-state index in [1.807, 2.05) is 36.4 Å². The first-order valence-corrected chi connectivity index (χ1v) is 7.52. The van der Waals surface area contributed by atoms with Crippen LogP contribution in [0.2, 0.25) is 0 Å². The summed E-state index contributed by atoms with van der Waals surface area (Å²) in [5.41, 5.74) is 1.87. The number of benzene rings is 1. The number of rotatable bonds is 2. The normalized spacial score (nSPS) is 12.9. The van der Waals surface area contributed by atoms with E-state index in [0.717, 1.165) is 22.1 Å². The van der Waals surface area contributed by atoms with Crippen LogP contribution in [0.3, 0.4) is 0 Å². The van der Waals surface area contributed by atoms with Crippen LogP contribution in [0.5, 0.6) is 0 Å². The zero-order chi connectivity index (χ0) is 15.5. The highest BCUT2D eigenvalue weighted by atomic mass is 14.7. The molecule has 0 unspecified atom stereocenters. The maximum absolute atomic E-state index is 4.38. The molecule has 3 aromatic heterocycles. The van der Waals surface area contributed by atoms with Crippen molar-refractivity contribution in [2.24, 2.45) is 0 Å². The molecule has 0 spiro atoms. The van der Waals surface area contributed by atoms with E-state index >= 15 is 0 Å². The van der Waals surface area contributed by atoms with Crippen LogP contribution in [-0.4, -0.2) is 15.0 Å². The Morgan fingerprint density at radius 3 is 1.52 bits per heavy atom. The average molecular weight is 297 g/mol. The molecule has 0 saturated carbocycles. The van der Waals surface area contributed by atoms with Crippen LogP contribution in [0, 0.1) is 0 Å². The number of hydrogen-bond donors (Lipinski definition) is 1. The molecule has 1 N–H and O–H groups in total. The zero-order valence-electron chi connectivity index (χ0n) is 12.5. The Labute approximate surface area is 133 Å². The molecule has 110 valence electrons. The predicted molar refractivity (Wildman–Crippen MR) is 93.2 cm³/mol. The third kappa shape index (κ3) is 2.77. The topological polar surface area (TPSA) is 41.6 Å². The second-order valence-corrected chi connectivity index (χ2v) is 5.30. The van der Waals surface area contributed by atoms with Gasteiger partial charge < -0.3 is 4.98 Å². The van der Waals surface area contributed by atoms with E-state index in [1.54, 1.807) is 12.4 Å². The molecular weight excluding hydrogens is 282 g/mol. The summed E-state index contributed by atoms with van der Waals surface area (Å²) in [6.45, 7) is 0. The number of pyridine rings is 2. The van der Waals surface area contributed by atoms with Gasteiger partial charge in [0.15, 0.2) is 0 Å². The molecule has 3 heterocycles. The Bertz CT molecular complexity index is 963. The molecule has 4 rings (SSSR count). The number of hydrogen-bond acceptors (Lipinski definition) is 2. The van der Waals surface area contributed by atoms with Crippen molar-refractivity contribution in [3.05, 3.63) is 95.1 Å². The Hall–Kier alpha value is -3.20. The van der Waals surface area contributed by atoms with Gasteiger partial charge in [-0.25, -0.2) is 0 Å². The van der Waals surface area contributed by atoms with Gasteiger partial charge in [-0.3, -0.25) is 9.97 Å². The Kier molecular flexibility index (Phi) is 3.45. The standard InChI is InChI=1S/C20H15N3/c1-2-10-18-17(9-1)19(13-15-7-3-5-11-21-15)23-20(18)14-16-8-4-6-12-22-16/h1-14,23H/b19-13-,20-14-. The van der Waals surface area contributed by atoms with Gasteiger partial charge in [-0.2, -0.15) is 0 Å². The molecule has 3 heteroatoms. The summed E-state index contributed by atoms with van der Waals surface area (Å²) in [6, 6.07) is 20.2. The monoisotopic (exact) mass is 297 g/mol. The first-order chi connectivity index (χ1) is 11.4. The van der Waals surface area contributed by atoms with Gasteiger partial charge in [0.25, 0.3) is 0 Å². The summed E-state index contributed by atoms with van der Waals surface area (Å²) in [6.07, 6.45) is 7.74. The molecular formula is C20H15N3. The lowest BCUT2D eigenvalue weighted by Crippen LogP contribution is -2.10. The first kappa shape index (κ1) is 13.5. The third-order valence-corrected chi connectivity index (χ3v) is 3.74. The van der Waals surface area contributed by atoms with Crippen molar-refractivity contribution in [3.8, 4) is 0 Å². The summed E-state index contributed by atoms with van der Waals surface area (Å²) in [7, 11) is 0. The Morgan fingerprint density at radius 2 is 1.09 bits per heavy atom. The fraction of sp³-hybridized carbons (Fsp3) is 0. The van der Waals surface area contributed by atoms with E-state index in [-0.39, 0.29) is 0 Å². The molecule has 0 aliphatic heterocycles. The van der Waals surface area contributed by atoms with Gasteiger partial charge in [-0.1, -0.05) is 36.4 Å². The summed E-state index contributed by atoms with van der Waals surface area (Å²) in [5.74, 6) is 0. The number of aromatic amines is 1. The van der Waals surface area contributed by atoms with Crippen LogP contribution in [0.4, 0.5) is 0 Å². The van der Waals surface area contributed by atoms with Crippen molar-refractivity contribution in [3.63, 3.8) is 0 Å². The van der Waals surface area contributed by atoms with E-state index < -0.39 is 0 Å². The molecule has 0 bridgehead atoms. The number of fused-ring (bicyclic) bond motifs is 1. The van der Waals surface area contributed by atoms with E-state index in [9.17, 15) is 0 Å². The van der Waals surface area contributed by atoms with Gasteiger partial charge in [-0.05, 0) is 36.4 Å². The van der Waals surface area contributed by atoms with Gasteiger partial charge >= 0.3 is 0 Å². The largest absolute Gasteiger partial charge is 0.354 e. The molecule has 0 atom stereocenters. The maximum Gasteiger partial charge on any atom is 0.0650 e.